The zero-order valence-corrected chi connectivity index (χ0v) is 14.9. The lowest BCUT2D eigenvalue weighted by Gasteiger charge is -2.12. The first-order chi connectivity index (χ1) is 12.5. The van der Waals surface area contributed by atoms with Crippen molar-refractivity contribution in [3.8, 4) is 11.5 Å². The molecule has 0 fully saturated rings. The van der Waals surface area contributed by atoms with Crippen LogP contribution in [-0.4, -0.2) is 32.2 Å². The van der Waals surface area contributed by atoms with Crippen molar-refractivity contribution in [2.75, 3.05) is 19.5 Å². The summed E-state index contributed by atoms with van der Waals surface area (Å²) in [5.74, 6) is 0.176. The van der Waals surface area contributed by atoms with Gasteiger partial charge in [0.25, 0.3) is 5.91 Å². The molecule has 136 valence electrons. The van der Waals surface area contributed by atoms with Crippen LogP contribution in [0.5, 0.6) is 11.5 Å². The van der Waals surface area contributed by atoms with Gasteiger partial charge in [-0.3, -0.25) is 4.79 Å². The molecule has 0 spiro atoms. The first-order valence-corrected chi connectivity index (χ1v) is 8.00. The zero-order chi connectivity index (χ0) is 18.9. The van der Waals surface area contributed by atoms with Gasteiger partial charge in [-0.1, -0.05) is 18.2 Å². The summed E-state index contributed by atoms with van der Waals surface area (Å²) < 4.78 is 15.5. The molecule has 6 heteroatoms. The summed E-state index contributed by atoms with van der Waals surface area (Å²) in [4.78, 5) is 24.0. The molecule has 0 saturated carbocycles. The summed E-state index contributed by atoms with van der Waals surface area (Å²) >= 11 is 0. The second kappa shape index (κ2) is 9.27. The molecule has 0 aliphatic carbocycles. The number of methoxy groups -OCH3 is 2. The molecule has 0 radical (unpaired) electrons. The maximum atomic E-state index is 12.0. The molecule has 0 aliphatic rings. The van der Waals surface area contributed by atoms with Gasteiger partial charge in [-0.25, -0.2) is 4.79 Å². The highest BCUT2D eigenvalue weighted by molar-refractivity contribution is 5.96. The first kappa shape index (κ1) is 19.1. The Balaban J connectivity index is 1.95. The van der Waals surface area contributed by atoms with Crippen LogP contribution in [0.15, 0.2) is 54.6 Å². The standard InChI is InChI=1S/C20H21NO5/c1-14(20(23)21-16-7-5-4-6-8-16)26-19(22)12-10-15-9-11-17(24-2)13-18(15)25-3/h4-14H,1-3H3,(H,21,23)/b12-10+/t14-/m1/s1. The minimum atomic E-state index is -0.926. The monoisotopic (exact) mass is 355 g/mol. The summed E-state index contributed by atoms with van der Waals surface area (Å²) in [6.07, 6.45) is 1.88. The van der Waals surface area contributed by atoms with Crippen molar-refractivity contribution in [2.45, 2.75) is 13.0 Å². The summed E-state index contributed by atoms with van der Waals surface area (Å²) in [5.41, 5.74) is 1.32. The van der Waals surface area contributed by atoms with Crippen molar-refractivity contribution < 1.29 is 23.8 Å². The molecule has 1 N–H and O–H groups in total. The number of hydrogen-bond acceptors (Lipinski definition) is 5. The predicted molar refractivity (Wildman–Crippen MR) is 99.2 cm³/mol. The van der Waals surface area contributed by atoms with Crippen molar-refractivity contribution in [1.82, 2.24) is 0 Å². The molecule has 6 nitrogen and oxygen atoms in total. The van der Waals surface area contributed by atoms with Gasteiger partial charge in [-0.15, -0.1) is 0 Å². The normalized spacial score (nSPS) is 11.7. The summed E-state index contributed by atoms with van der Waals surface area (Å²) in [7, 11) is 3.09. The van der Waals surface area contributed by atoms with E-state index in [0.717, 1.165) is 0 Å². The number of carbonyl (C=O) groups excluding carboxylic acids is 2. The number of benzene rings is 2. The average Bonchev–Trinajstić information content (AvgIpc) is 2.66. The van der Waals surface area contributed by atoms with E-state index in [4.69, 9.17) is 14.2 Å². The third kappa shape index (κ3) is 5.37. The molecule has 0 unspecified atom stereocenters. The Bertz CT molecular complexity index is 786. The maximum absolute atomic E-state index is 12.0. The quantitative estimate of drug-likeness (QED) is 0.609. The van der Waals surface area contributed by atoms with E-state index < -0.39 is 18.0 Å². The SMILES string of the molecule is COc1ccc(/C=C/C(=O)O[C@H](C)C(=O)Nc2ccccc2)c(OC)c1. The largest absolute Gasteiger partial charge is 0.497 e. The fourth-order valence-electron chi connectivity index (χ4n) is 2.15. The average molecular weight is 355 g/mol. The van der Waals surface area contributed by atoms with Gasteiger partial charge in [0.1, 0.15) is 11.5 Å². The highest BCUT2D eigenvalue weighted by Crippen LogP contribution is 2.25. The topological polar surface area (TPSA) is 73.9 Å². The number of rotatable bonds is 7. The molecule has 26 heavy (non-hydrogen) atoms. The van der Waals surface area contributed by atoms with Gasteiger partial charge < -0.3 is 19.5 Å². The number of amides is 1. The van der Waals surface area contributed by atoms with Gasteiger partial charge in [-0.2, -0.15) is 0 Å². The van der Waals surface area contributed by atoms with Crippen LogP contribution in [0.3, 0.4) is 0 Å². The Morgan fingerprint density at radius 2 is 1.77 bits per heavy atom. The summed E-state index contributed by atoms with van der Waals surface area (Å²) in [6, 6.07) is 14.2. The number of ether oxygens (including phenoxy) is 3. The molecule has 0 heterocycles. The van der Waals surface area contributed by atoms with Crippen molar-refractivity contribution >= 4 is 23.6 Å². The van der Waals surface area contributed by atoms with E-state index in [9.17, 15) is 9.59 Å². The third-order valence-electron chi connectivity index (χ3n) is 3.54. The van der Waals surface area contributed by atoms with Crippen molar-refractivity contribution in [2.24, 2.45) is 0 Å². The zero-order valence-electron chi connectivity index (χ0n) is 14.9. The van der Waals surface area contributed by atoms with Crippen LogP contribution in [0, 0.1) is 0 Å². The summed E-state index contributed by atoms with van der Waals surface area (Å²) in [5, 5.41) is 2.68. The van der Waals surface area contributed by atoms with Gasteiger partial charge in [0.05, 0.1) is 14.2 Å². The molecule has 2 aromatic rings. The predicted octanol–water partition coefficient (Wildman–Crippen LogP) is 3.29. The molecule has 0 bridgehead atoms. The lowest BCUT2D eigenvalue weighted by atomic mass is 10.1. The van der Waals surface area contributed by atoms with E-state index in [1.54, 1.807) is 55.7 Å². The summed E-state index contributed by atoms with van der Waals surface area (Å²) in [6.45, 7) is 1.51. The van der Waals surface area contributed by atoms with Crippen LogP contribution in [0.2, 0.25) is 0 Å². The van der Waals surface area contributed by atoms with Crippen LogP contribution in [-0.2, 0) is 14.3 Å². The fraction of sp³-hybridized carbons (Fsp3) is 0.200. The van der Waals surface area contributed by atoms with E-state index in [-0.39, 0.29) is 0 Å². The van der Waals surface area contributed by atoms with Crippen LogP contribution in [0.1, 0.15) is 12.5 Å². The van der Waals surface area contributed by atoms with Gasteiger partial charge >= 0.3 is 5.97 Å². The van der Waals surface area contributed by atoms with Gasteiger partial charge in [0.2, 0.25) is 0 Å². The maximum Gasteiger partial charge on any atom is 0.331 e. The van der Waals surface area contributed by atoms with Crippen molar-refractivity contribution in [3.05, 3.63) is 60.2 Å². The Hall–Kier alpha value is -3.28. The molecule has 2 aromatic carbocycles. The lowest BCUT2D eigenvalue weighted by molar-refractivity contribution is -0.148. The molecule has 1 atom stereocenters. The number of anilines is 1. The van der Waals surface area contributed by atoms with Crippen LogP contribution in [0.4, 0.5) is 5.69 Å². The van der Waals surface area contributed by atoms with Gasteiger partial charge in [0, 0.05) is 23.4 Å². The van der Waals surface area contributed by atoms with Crippen molar-refractivity contribution in [3.63, 3.8) is 0 Å². The van der Waals surface area contributed by atoms with Crippen LogP contribution < -0.4 is 14.8 Å². The van der Waals surface area contributed by atoms with Crippen LogP contribution in [0.25, 0.3) is 6.08 Å². The number of carbonyl (C=O) groups is 2. The van der Waals surface area contributed by atoms with Gasteiger partial charge in [0.15, 0.2) is 6.10 Å². The minimum absolute atomic E-state index is 0.403. The first-order valence-electron chi connectivity index (χ1n) is 8.00. The lowest BCUT2D eigenvalue weighted by Crippen LogP contribution is -2.29. The number of para-hydroxylation sites is 1. The number of hydrogen-bond donors (Lipinski definition) is 1. The Labute approximate surface area is 152 Å². The van der Waals surface area contributed by atoms with E-state index in [1.165, 1.54) is 20.1 Å². The van der Waals surface area contributed by atoms with E-state index >= 15 is 0 Å². The number of esters is 1. The second-order valence-electron chi connectivity index (χ2n) is 5.38. The molecular weight excluding hydrogens is 334 g/mol. The second-order valence-corrected chi connectivity index (χ2v) is 5.38. The Kier molecular flexibility index (Phi) is 6.79. The molecule has 0 saturated heterocycles. The molecule has 0 aliphatic heterocycles. The van der Waals surface area contributed by atoms with Gasteiger partial charge in [-0.05, 0) is 37.3 Å². The molecule has 2 rings (SSSR count). The molecule has 0 aromatic heterocycles. The highest BCUT2D eigenvalue weighted by atomic mass is 16.5. The Morgan fingerprint density at radius 3 is 2.42 bits per heavy atom. The molecule has 1 amide bonds. The Morgan fingerprint density at radius 1 is 1.04 bits per heavy atom. The number of nitrogens with one attached hydrogen (secondary N) is 1. The highest BCUT2D eigenvalue weighted by Gasteiger charge is 2.16. The molecular formula is C20H21NO5. The minimum Gasteiger partial charge on any atom is -0.497 e. The van der Waals surface area contributed by atoms with Crippen LogP contribution >= 0.6 is 0 Å². The van der Waals surface area contributed by atoms with Crippen molar-refractivity contribution in [1.29, 1.82) is 0 Å². The third-order valence-corrected chi connectivity index (χ3v) is 3.54. The van der Waals surface area contributed by atoms with E-state index in [1.807, 2.05) is 6.07 Å². The smallest absolute Gasteiger partial charge is 0.331 e. The van der Waals surface area contributed by atoms with E-state index in [2.05, 4.69) is 5.32 Å². The fourth-order valence-corrected chi connectivity index (χ4v) is 2.15. The van der Waals surface area contributed by atoms with E-state index in [0.29, 0.717) is 22.7 Å².